The Hall–Kier alpha value is -3.02. The van der Waals surface area contributed by atoms with Crippen LogP contribution in [0.15, 0.2) is 48.5 Å². The van der Waals surface area contributed by atoms with Gasteiger partial charge in [-0.25, -0.2) is 4.79 Å². The van der Waals surface area contributed by atoms with Crippen LogP contribution in [0.2, 0.25) is 0 Å². The number of amides is 3. The molecule has 0 unspecified atom stereocenters. The monoisotopic (exact) mass is 380 g/mol. The van der Waals surface area contributed by atoms with E-state index in [2.05, 4.69) is 47.6 Å². The Morgan fingerprint density at radius 3 is 2.32 bits per heavy atom. The molecule has 28 heavy (non-hydrogen) atoms. The zero-order valence-corrected chi connectivity index (χ0v) is 16.6. The molecule has 1 aliphatic rings. The van der Waals surface area contributed by atoms with Crippen molar-refractivity contribution < 1.29 is 9.59 Å². The molecule has 0 spiro atoms. The molecule has 0 saturated carbocycles. The molecule has 0 bridgehead atoms. The van der Waals surface area contributed by atoms with Gasteiger partial charge in [-0.1, -0.05) is 42.5 Å². The van der Waals surface area contributed by atoms with Gasteiger partial charge in [0.15, 0.2) is 0 Å². The number of nitrogens with one attached hydrogen (secondary N) is 2. The predicted octanol–water partition coefficient (Wildman–Crippen LogP) is 2.45. The highest BCUT2D eigenvalue weighted by Gasteiger charge is 2.22. The first-order chi connectivity index (χ1) is 13.5. The third-order valence-electron chi connectivity index (χ3n) is 5.25. The molecule has 0 radical (unpaired) electrons. The van der Waals surface area contributed by atoms with Gasteiger partial charge in [0.1, 0.15) is 0 Å². The molecule has 1 saturated heterocycles. The SMILES string of the molecule is Cc1cccc(N2CCN(C(=O)CNC(=O)NCc3ccccc3)CC2)c1C. The summed E-state index contributed by atoms with van der Waals surface area (Å²) in [5.74, 6) is -0.0459. The second kappa shape index (κ2) is 9.26. The number of hydrogen-bond acceptors (Lipinski definition) is 3. The molecule has 6 heteroatoms. The number of anilines is 1. The van der Waals surface area contributed by atoms with Crippen molar-refractivity contribution in [2.45, 2.75) is 20.4 Å². The molecule has 1 heterocycles. The van der Waals surface area contributed by atoms with Gasteiger partial charge >= 0.3 is 6.03 Å². The molecule has 1 aliphatic heterocycles. The van der Waals surface area contributed by atoms with E-state index in [9.17, 15) is 9.59 Å². The number of aryl methyl sites for hydroxylation is 1. The normalized spacial score (nSPS) is 13.9. The quantitative estimate of drug-likeness (QED) is 0.837. The van der Waals surface area contributed by atoms with E-state index in [1.807, 2.05) is 35.2 Å². The summed E-state index contributed by atoms with van der Waals surface area (Å²) in [5, 5.41) is 5.42. The fourth-order valence-corrected chi connectivity index (χ4v) is 3.38. The van der Waals surface area contributed by atoms with Gasteiger partial charge in [-0.15, -0.1) is 0 Å². The van der Waals surface area contributed by atoms with Crippen LogP contribution in [-0.2, 0) is 11.3 Å². The molecule has 0 atom stereocenters. The maximum absolute atomic E-state index is 12.4. The third-order valence-corrected chi connectivity index (χ3v) is 5.25. The average molecular weight is 380 g/mol. The summed E-state index contributed by atoms with van der Waals surface area (Å²) in [5.41, 5.74) is 4.83. The molecule has 1 fully saturated rings. The van der Waals surface area contributed by atoms with Gasteiger partial charge in [0.25, 0.3) is 0 Å². The molecule has 3 amide bonds. The molecular weight excluding hydrogens is 352 g/mol. The van der Waals surface area contributed by atoms with E-state index >= 15 is 0 Å². The van der Waals surface area contributed by atoms with Crippen molar-refractivity contribution in [3.05, 3.63) is 65.2 Å². The Bertz CT molecular complexity index is 815. The van der Waals surface area contributed by atoms with Crippen LogP contribution in [-0.4, -0.2) is 49.6 Å². The van der Waals surface area contributed by atoms with Crippen molar-refractivity contribution in [2.75, 3.05) is 37.6 Å². The summed E-state index contributed by atoms with van der Waals surface area (Å²) in [6.45, 7) is 7.65. The summed E-state index contributed by atoms with van der Waals surface area (Å²) in [6.07, 6.45) is 0. The maximum Gasteiger partial charge on any atom is 0.315 e. The lowest BCUT2D eigenvalue weighted by atomic mass is 10.1. The molecule has 2 N–H and O–H groups in total. The van der Waals surface area contributed by atoms with Crippen molar-refractivity contribution in [3.8, 4) is 0 Å². The molecule has 2 aromatic rings. The Kier molecular flexibility index (Phi) is 6.53. The second-order valence-corrected chi connectivity index (χ2v) is 7.11. The zero-order chi connectivity index (χ0) is 19.9. The number of carbonyl (C=O) groups excluding carboxylic acids is 2. The maximum atomic E-state index is 12.4. The predicted molar refractivity (Wildman–Crippen MR) is 111 cm³/mol. The summed E-state index contributed by atoms with van der Waals surface area (Å²) < 4.78 is 0. The Labute approximate surface area is 166 Å². The third kappa shape index (κ3) is 5.03. The van der Waals surface area contributed by atoms with Gasteiger partial charge in [-0.2, -0.15) is 0 Å². The van der Waals surface area contributed by atoms with Crippen LogP contribution in [0.4, 0.5) is 10.5 Å². The van der Waals surface area contributed by atoms with Gasteiger partial charge in [-0.3, -0.25) is 4.79 Å². The van der Waals surface area contributed by atoms with E-state index in [0.29, 0.717) is 19.6 Å². The van der Waals surface area contributed by atoms with E-state index in [-0.39, 0.29) is 18.5 Å². The zero-order valence-electron chi connectivity index (χ0n) is 16.6. The number of piperazine rings is 1. The van der Waals surface area contributed by atoms with E-state index in [1.165, 1.54) is 16.8 Å². The van der Waals surface area contributed by atoms with Crippen LogP contribution in [0.1, 0.15) is 16.7 Å². The van der Waals surface area contributed by atoms with Crippen molar-refractivity contribution in [1.82, 2.24) is 15.5 Å². The van der Waals surface area contributed by atoms with Crippen molar-refractivity contribution in [1.29, 1.82) is 0 Å². The molecule has 148 valence electrons. The number of carbonyl (C=O) groups is 2. The van der Waals surface area contributed by atoms with E-state index in [1.54, 1.807) is 0 Å². The highest BCUT2D eigenvalue weighted by Crippen LogP contribution is 2.23. The summed E-state index contributed by atoms with van der Waals surface area (Å²) in [4.78, 5) is 28.5. The number of rotatable bonds is 5. The van der Waals surface area contributed by atoms with Crippen LogP contribution in [0.25, 0.3) is 0 Å². The summed E-state index contributed by atoms with van der Waals surface area (Å²) in [7, 11) is 0. The first-order valence-electron chi connectivity index (χ1n) is 9.69. The fourth-order valence-electron chi connectivity index (χ4n) is 3.38. The molecular formula is C22H28N4O2. The van der Waals surface area contributed by atoms with Crippen molar-refractivity contribution >= 4 is 17.6 Å². The van der Waals surface area contributed by atoms with Gasteiger partial charge in [-0.05, 0) is 36.6 Å². The highest BCUT2D eigenvalue weighted by atomic mass is 16.2. The fraction of sp³-hybridized carbons (Fsp3) is 0.364. The minimum Gasteiger partial charge on any atom is -0.368 e. The Morgan fingerprint density at radius 1 is 0.893 bits per heavy atom. The van der Waals surface area contributed by atoms with Crippen molar-refractivity contribution in [3.63, 3.8) is 0 Å². The Balaban J connectivity index is 1.41. The van der Waals surface area contributed by atoms with Crippen LogP contribution in [0.3, 0.4) is 0 Å². The lowest BCUT2D eigenvalue weighted by molar-refractivity contribution is -0.130. The van der Waals surface area contributed by atoms with E-state index in [4.69, 9.17) is 0 Å². The molecule has 2 aromatic carbocycles. The number of nitrogens with zero attached hydrogens (tertiary/aromatic N) is 2. The van der Waals surface area contributed by atoms with Crippen molar-refractivity contribution in [2.24, 2.45) is 0 Å². The van der Waals surface area contributed by atoms with E-state index in [0.717, 1.165) is 18.7 Å². The largest absolute Gasteiger partial charge is 0.368 e. The number of hydrogen-bond donors (Lipinski definition) is 2. The van der Waals surface area contributed by atoms with Crippen LogP contribution in [0.5, 0.6) is 0 Å². The second-order valence-electron chi connectivity index (χ2n) is 7.11. The standard InChI is InChI=1S/C22H28N4O2/c1-17-7-6-10-20(18(17)2)25-11-13-26(14-12-25)21(27)16-24-22(28)23-15-19-8-4-3-5-9-19/h3-10H,11-16H2,1-2H3,(H2,23,24,28). The molecule has 0 aliphatic carbocycles. The van der Waals surface area contributed by atoms with Crippen LogP contribution >= 0.6 is 0 Å². The first-order valence-corrected chi connectivity index (χ1v) is 9.69. The van der Waals surface area contributed by atoms with Crippen LogP contribution in [0, 0.1) is 13.8 Å². The molecule has 6 nitrogen and oxygen atoms in total. The van der Waals surface area contributed by atoms with E-state index < -0.39 is 0 Å². The molecule has 3 rings (SSSR count). The number of benzene rings is 2. The molecule has 0 aromatic heterocycles. The average Bonchev–Trinajstić information content (AvgIpc) is 2.73. The highest BCUT2D eigenvalue weighted by molar-refractivity contribution is 5.84. The van der Waals surface area contributed by atoms with Gasteiger partial charge in [0, 0.05) is 38.4 Å². The lowest BCUT2D eigenvalue weighted by Gasteiger charge is -2.37. The summed E-state index contributed by atoms with van der Waals surface area (Å²) >= 11 is 0. The topological polar surface area (TPSA) is 64.7 Å². The van der Waals surface area contributed by atoms with Gasteiger partial charge in [0.2, 0.25) is 5.91 Å². The number of urea groups is 1. The van der Waals surface area contributed by atoms with Gasteiger partial charge < -0.3 is 20.4 Å². The first kappa shape index (κ1) is 19.7. The Morgan fingerprint density at radius 2 is 1.61 bits per heavy atom. The van der Waals surface area contributed by atoms with Gasteiger partial charge in [0.05, 0.1) is 6.54 Å². The minimum atomic E-state index is -0.328. The van der Waals surface area contributed by atoms with Crippen LogP contribution < -0.4 is 15.5 Å². The smallest absolute Gasteiger partial charge is 0.315 e. The lowest BCUT2D eigenvalue weighted by Crippen LogP contribution is -2.52. The minimum absolute atomic E-state index is 0.0180. The summed E-state index contributed by atoms with van der Waals surface area (Å²) in [6, 6.07) is 15.7.